The average molecular weight is 578 g/mol. The van der Waals surface area contributed by atoms with Gasteiger partial charge in [0.2, 0.25) is 0 Å². The first kappa shape index (κ1) is 24.7. The first-order chi connectivity index (χ1) is 14.6. The van der Waals surface area contributed by atoms with E-state index >= 15 is 0 Å². The van der Waals surface area contributed by atoms with Crippen LogP contribution in [0.2, 0.25) is 0 Å². The fourth-order valence-electron chi connectivity index (χ4n) is 4.31. The molecule has 3 aliphatic rings. The SMILES string of the molecule is CC(C)(C)OC(=O)N1CCC(C2N/C(Br)=C\C(Cl)=C/CCCC3=CC(Br)=CNC32)CC1. The van der Waals surface area contributed by atoms with Crippen LogP contribution >= 0.6 is 43.5 Å². The van der Waals surface area contributed by atoms with Crippen LogP contribution in [-0.2, 0) is 4.74 Å². The van der Waals surface area contributed by atoms with Crippen LogP contribution in [0.4, 0.5) is 4.79 Å². The zero-order chi connectivity index (χ0) is 22.6. The Balaban J connectivity index is 1.77. The maximum atomic E-state index is 12.5. The van der Waals surface area contributed by atoms with Crippen LogP contribution in [0.5, 0.6) is 0 Å². The zero-order valence-electron chi connectivity index (χ0n) is 18.4. The monoisotopic (exact) mass is 575 g/mol. The number of nitrogens with one attached hydrogen (secondary N) is 2. The Morgan fingerprint density at radius 2 is 1.94 bits per heavy atom. The van der Waals surface area contributed by atoms with E-state index < -0.39 is 5.60 Å². The van der Waals surface area contributed by atoms with Crippen molar-refractivity contribution >= 4 is 49.6 Å². The van der Waals surface area contributed by atoms with Crippen LogP contribution in [0.3, 0.4) is 0 Å². The summed E-state index contributed by atoms with van der Waals surface area (Å²) in [4.78, 5) is 14.3. The van der Waals surface area contributed by atoms with Crippen molar-refractivity contribution in [1.29, 1.82) is 0 Å². The molecular formula is C23H32Br2ClN3O2. The number of allylic oxidation sites excluding steroid dienone is 5. The van der Waals surface area contributed by atoms with Crippen LogP contribution in [0.1, 0.15) is 52.9 Å². The normalized spacial score (nSPS) is 29.4. The van der Waals surface area contributed by atoms with E-state index in [0.717, 1.165) is 46.2 Å². The van der Waals surface area contributed by atoms with Gasteiger partial charge >= 0.3 is 6.09 Å². The fraction of sp³-hybridized carbons (Fsp3) is 0.609. The predicted octanol–water partition coefficient (Wildman–Crippen LogP) is 6.27. The molecular weight excluding hydrogens is 546 g/mol. The van der Waals surface area contributed by atoms with Crippen LogP contribution in [0.15, 0.2) is 44.1 Å². The highest BCUT2D eigenvalue weighted by Gasteiger charge is 2.36. The molecule has 0 aromatic heterocycles. The molecule has 2 unspecified atom stereocenters. The minimum absolute atomic E-state index is 0.164. The van der Waals surface area contributed by atoms with Crippen LogP contribution in [0, 0.1) is 5.92 Å². The predicted molar refractivity (Wildman–Crippen MR) is 134 cm³/mol. The number of ether oxygens (including phenoxy) is 1. The number of hydrogen-bond donors (Lipinski definition) is 2. The van der Waals surface area contributed by atoms with E-state index in [-0.39, 0.29) is 18.2 Å². The van der Waals surface area contributed by atoms with Gasteiger partial charge in [0.1, 0.15) is 5.60 Å². The van der Waals surface area contributed by atoms with E-state index in [2.05, 4.69) is 54.6 Å². The van der Waals surface area contributed by atoms with Gasteiger partial charge in [-0.15, -0.1) is 0 Å². The maximum absolute atomic E-state index is 12.5. The second-order valence-corrected chi connectivity index (χ2v) is 11.5. The van der Waals surface area contributed by atoms with E-state index in [1.807, 2.05) is 37.9 Å². The molecule has 3 rings (SSSR count). The molecule has 3 aliphatic heterocycles. The summed E-state index contributed by atoms with van der Waals surface area (Å²) in [5, 5.41) is 8.03. The third-order valence-corrected chi connectivity index (χ3v) is 6.94. The zero-order valence-corrected chi connectivity index (χ0v) is 22.3. The van der Waals surface area contributed by atoms with Gasteiger partial charge in [0.15, 0.2) is 0 Å². The number of halogens is 3. The molecule has 0 saturated carbocycles. The molecule has 0 aromatic carbocycles. The maximum Gasteiger partial charge on any atom is 0.410 e. The quantitative estimate of drug-likeness (QED) is 0.361. The summed E-state index contributed by atoms with van der Waals surface area (Å²) in [7, 11) is 0. The molecule has 0 spiro atoms. The van der Waals surface area contributed by atoms with Gasteiger partial charge in [0.25, 0.3) is 0 Å². The summed E-state index contributed by atoms with van der Waals surface area (Å²) in [6.45, 7) is 7.11. The van der Waals surface area contributed by atoms with Crippen molar-refractivity contribution in [2.24, 2.45) is 5.92 Å². The number of hydrogen-bond acceptors (Lipinski definition) is 4. The highest BCUT2D eigenvalue weighted by molar-refractivity contribution is 9.12. The summed E-state index contributed by atoms with van der Waals surface area (Å²) in [6, 6.07) is 0.342. The first-order valence-electron chi connectivity index (χ1n) is 10.9. The van der Waals surface area contributed by atoms with Crippen LogP contribution < -0.4 is 10.6 Å². The smallest absolute Gasteiger partial charge is 0.410 e. The molecule has 3 heterocycles. The van der Waals surface area contributed by atoms with Gasteiger partial charge in [-0.1, -0.05) is 17.7 Å². The molecule has 1 amide bonds. The van der Waals surface area contributed by atoms with Crippen LogP contribution in [0.25, 0.3) is 0 Å². The molecule has 1 saturated heterocycles. The van der Waals surface area contributed by atoms with E-state index in [0.29, 0.717) is 19.0 Å². The van der Waals surface area contributed by atoms with Crippen LogP contribution in [-0.4, -0.2) is 41.8 Å². The molecule has 0 aliphatic carbocycles. The molecule has 2 N–H and O–H groups in total. The molecule has 0 radical (unpaired) electrons. The lowest BCUT2D eigenvalue weighted by Crippen LogP contribution is -2.54. The van der Waals surface area contributed by atoms with Crippen molar-refractivity contribution in [3.05, 3.63) is 44.1 Å². The third-order valence-electron chi connectivity index (χ3n) is 5.76. The second-order valence-electron chi connectivity index (χ2n) is 9.34. The lowest BCUT2D eigenvalue weighted by molar-refractivity contribution is 0.0167. The summed E-state index contributed by atoms with van der Waals surface area (Å²) >= 11 is 13.7. The number of carbonyl (C=O) groups excluding carboxylic acids is 1. The molecule has 2 atom stereocenters. The van der Waals surface area contributed by atoms with E-state index in [9.17, 15) is 4.79 Å². The number of piperidine rings is 1. The Bertz CT molecular complexity index is 793. The van der Waals surface area contributed by atoms with Gasteiger partial charge in [0.05, 0.1) is 16.7 Å². The van der Waals surface area contributed by atoms with Gasteiger partial charge in [-0.3, -0.25) is 0 Å². The number of amides is 1. The molecule has 1 fully saturated rings. The molecule has 5 nitrogen and oxygen atoms in total. The van der Waals surface area contributed by atoms with E-state index in [1.54, 1.807) is 0 Å². The van der Waals surface area contributed by atoms with E-state index in [4.69, 9.17) is 16.3 Å². The largest absolute Gasteiger partial charge is 0.444 e. The summed E-state index contributed by atoms with van der Waals surface area (Å²) in [5.41, 5.74) is 0.909. The minimum atomic E-state index is -0.474. The number of rotatable bonds is 1. The van der Waals surface area contributed by atoms with Gasteiger partial charge in [-0.2, -0.15) is 0 Å². The Labute approximate surface area is 207 Å². The number of nitrogens with zero attached hydrogens (tertiary/aromatic N) is 1. The molecule has 0 aromatic rings. The van der Waals surface area contributed by atoms with Gasteiger partial charge in [0, 0.05) is 28.8 Å². The lowest BCUT2D eigenvalue weighted by Gasteiger charge is -2.41. The fourth-order valence-corrected chi connectivity index (χ4v) is 5.60. The van der Waals surface area contributed by atoms with Crippen molar-refractivity contribution in [1.82, 2.24) is 15.5 Å². The Kier molecular flexibility index (Phi) is 8.61. The summed E-state index contributed by atoms with van der Waals surface area (Å²) in [5.74, 6) is 0.398. The average Bonchev–Trinajstić information content (AvgIpc) is 2.71. The number of carbonyl (C=O) groups is 1. The molecule has 0 bridgehead atoms. The highest BCUT2D eigenvalue weighted by Crippen LogP contribution is 2.32. The topological polar surface area (TPSA) is 53.6 Å². The molecule has 31 heavy (non-hydrogen) atoms. The van der Waals surface area contributed by atoms with Gasteiger partial charge < -0.3 is 20.3 Å². The van der Waals surface area contributed by atoms with Crippen molar-refractivity contribution in [3.63, 3.8) is 0 Å². The van der Waals surface area contributed by atoms with Gasteiger partial charge in [-0.05, 0) is 108 Å². The number of fused-ring (bicyclic) bond motifs is 1. The number of dihydropyridines is 1. The summed E-state index contributed by atoms with van der Waals surface area (Å²) in [6.07, 6.45) is 12.9. The molecule has 8 heteroatoms. The van der Waals surface area contributed by atoms with Crippen molar-refractivity contribution in [3.8, 4) is 0 Å². The Morgan fingerprint density at radius 3 is 2.61 bits per heavy atom. The van der Waals surface area contributed by atoms with Crippen molar-refractivity contribution in [2.75, 3.05) is 13.1 Å². The summed E-state index contributed by atoms with van der Waals surface area (Å²) < 4.78 is 7.51. The first-order valence-corrected chi connectivity index (χ1v) is 12.9. The minimum Gasteiger partial charge on any atom is -0.444 e. The highest BCUT2D eigenvalue weighted by atomic mass is 79.9. The second kappa shape index (κ2) is 10.8. The van der Waals surface area contributed by atoms with Crippen molar-refractivity contribution < 1.29 is 9.53 Å². The third kappa shape index (κ3) is 7.29. The Hall–Kier alpha value is -0.920. The number of likely N-dealkylation sites (tertiary alicyclic amines) is 1. The lowest BCUT2D eigenvalue weighted by atomic mass is 9.81. The Morgan fingerprint density at radius 1 is 1.23 bits per heavy atom. The van der Waals surface area contributed by atoms with Crippen molar-refractivity contribution in [2.45, 2.75) is 70.6 Å². The standard InChI is InChI=1S/C23H32Br2ClN3O2/c1-23(2,3)31-22(30)29-10-8-15(9-11-29)21-20-16(12-17(24)14-27-20)6-4-5-7-18(26)13-19(25)28-21/h7,12-15,20-21,27-28H,4-6,8-11H2,1-3H3/b18-7+,19-13-. The van der Waals surface area contributed by atoms with Gasteiger partial charge in [-0.25, -0.2) is 4.79 Å². The van der Waals surface area contributed by atoms with E-state index in [1.165, 1.54) is 5.57 Å². The molecule has 172 valence electrons.